The van der Waals surface area contributed by atoms with Crippen molar-refractivity contribution in [3.8, 4) is 0 Å². The van der Waals surface area contributed by atoms with Crippen LogP contribution in [0.5, 0.6) is 0 Å². The monoisotopic (exact) mass is 267 g/mol. The second-order valence-corrected chi connectivity index (χ2v) is 3.79. The lowest BCUT2D eigenvalue weighted by atomic mass is 10.2. The van der Waals surface area contributed by atoms with Crippen LogP contribution in [0, 0.1) is 5.82 Å². The molecule has 0 saturated carbocycles. The Bertz CT molecular complexity index is 479. The van der Waals surface area contributed by atoms with E-state index < -0.39 is 0 Å². The third-order valence-electron chi connectivity index (χ3n) is 1.82. The SMILES string of the molecule is Fc1cc(Br)ccc1C=Cc1ncco1. The highest BCUT2D eigenvalue weighted by atomic mass is 79.9. The van der Waals surface area contributed by atoms with Crippen molar-refractivity contribution in [1.29, 1.82) is 0 Å². The molecular formula is C11H7BrFNO. The summed E-state index contributed by atoms with van der Waals surface area (Å²) in [6, 6.07) is 4.87. The van der Waals surface area contributed by atoms with Gasteiger partial charge in [-0.15, -0.1) is 0 Å². The van der Waals surface area contributed by atoms with Crippen molar-refractivity contribution in [2.75, 3.05) is 0 Å². The van der Waals surface area contributed by atoms with Gasteiger partial charge < -0.3 is 4.42 Å². The van der Waals surface area contributed by atoms with Gasteiger partial charge in [-0.3, -0.25) is 0 Å². The van der Waals surface area contributed by atoms with E-state index in [1.807, 2.05) is 0 Å². The summed E-state index contributed by atoms with van der Waals surface area (Å²) in [5, 5.41) is 0. The summed E-state index contributed by atoms with van der Waals surface area (Å²) >= 11 is 3.19. The molecule has 1 aromatic heterocycles. The number of nitrogens with zero attached hydrogens (tertiary/aromatic N) is 1. The highest BCUT2D eigenvalue weighted by molar-refractivity contribution is 9.10. The molecule has 0 spiro atoms. The number of benzene rings is 1. The average molecular weight is 268 g/mol. The van der Waals surface area contributed by atoms with Gasteiger partial charge in [0.25, 0.3) is 0 Å². The molecule has 2 aromatic rings. The van der Waals surface area contributed by atoms with Gasteiger partial charge in [-0.1, -0.05) is 22.0 Å². The minimum absolute atomic E-state index is 0.285. The van der Waals surface area contributed by atoms with Crippen LogP contribution in [0.4, 0.5) is 4.39 Å². The second-order valence-electron chi connectivity index (χ2n) is 2.87. The minimum atomic E-state index is -0.285. The fraction of sp³-hybridized carbons (Fsp3) is 0. The molecule has 0 amide bonds. The van der Waals surface area contributed by atoms with Crippen LogP contribution in [0.2, 0.25) is 0 Å². The lowest BCUT2D eigenvalue weighted by Gasteiger charge is -1.96. The Labute approximate surface area is 94.6 Å². The molecule has 0 atom stereocenters. The van der Waals surface area contributed by atoms with Crippen LogP contribution in [0.1, 0.15) is 11.5 Å². The lowest BCUT2D eigenvalue weighted by molar-refractivity contribution is 0.547. The Morgan fingerprint density at radius 2 is 2.20 bits per heavy atom. The summed E-state index contributed by atoms with van der Waals surface area (Å²) in [7, 11) is 0. The summed E-state index contributed by atoms with van der Waals surface area (Å²) in [6.45, 7) is 0. The Morgan fingerprint density at radius 1 is 1.33 bits per heavy atom. The van der Waals surface area contributed by atoms with Crippen molar-refractivity contribution in [1.82, 2.24) is 4.98 Å². The Hall–Kier alpha value is -1.42. The fourth-order valence-electron chi connectivity index (χ4n) is 1.11. The van der Waals surface area contributed by atoms with E-state index >= 15 is 0 Å². The van der Waals surface area contributed by atoms with Crippen molar-refractivity contribution < 1.29 is 8.81 Å². The summed E-state index contributed by atoms with van der Waals surface area (Å²) in [6.07, 6.45) is 6.25. The molecule has 0 N–H and O–H groups in total. The van der Waals surface area contributed by atoms with Crippen LogP contribution in [-0.2, 0) is 0 Å². The normalized spacial score (nSPS) is 11.1. The zero-order chi connectivity index (χ0) is 10.7. The molecule has 0 aliphatic carbocycles. The summed E-state index contributed by atoms with van der Waals surface area (Å²) < 4.78 is 19.1. The molecule has 0 fully saturated rings. The van der Waals surface area contributed by atoms with Crippen molar-refractivity contribution in [2.24, 2.45) is 0 Å². The molecule has 0 unspecified atom stereocenters. The predicted molar refractivity (Wildman–Crippen MR) is 59.5 cm³/mol. The van der Waals surface area contributed by atoms with E-state index in [1.54, 1.807) is 24.3 Å². The molecule has 1 heterocycles. The predicted octanol–water partition coefficient (Wildman–Crippen LogP) is 3.75. The van der Waals surface area contributed by atoms with Crippen molar-refractivity contribution in [3.05, 3.63) is 52.4 Å². The largest absolute Gasteiger partial charge is 0.445 e. The summed E-state index contributed by atoms with van der Waals surface area (Å²) in [5.41, 5.74) is 0.497. The summed E-state index contributed by atoms with van der Waals surface area (Å²) in [4.78, 5) is 3.89. The molecule has 0 saturated heterocycles. The van der Waals surface area contributed by atoms with Crippen molar-refractivity contribution in [2.45, 2.75) is 0 Å². The maximum atomic E-state index is 13.3. The molecule has 0 aliphatic rings. The number of aromatic nitrogens is 1. The molecule has 0 radical (unpaired) electrons. The molecule has 4 heteroatoms. The zero-order valence-corrected chi connectivity index (χ0v) is 9.24. The molecule has 76 valence electrons. The second kappa shape index (κ2) is 4.40. The first-order valence-corrected chi connectivity index (χ1v) is 5.07. The quantitative estimate of drug-likeness (QED) is 0.829. The van der Waals surface area contributed by atoms with E-state index in [0.29, 0.717) is 15.9 Å². The van der Waals surface area contributed by atoms with Crippen LogP contribution >= 0.6 is 15.9 Å². The smallest absolute Gasteiger partial charge is 0.218 e. The highest BCUT2D eigenvalue weighted by Gasteiger charge is 1.99. The van der Waals surface area contributed by atoms with E-state index in [1.165, 1.54) is 18.5 Å². The number of hydrogen-bond donors (Lipinski definition) is 0. The van der Waals surface area contributed by atoms with Gasteiger partial charge >= 0.3 is 0 Å². The highest BCUT2D eigenvalue weighted by Crippen LogP contribution is 2.17. The van der Waals surface area contributed by atoms with Gasteiger partial charge in [0.2, 0.25) is 5.89 Å². The van der Waals surface area contributed by atoms with Gasteiger partial charge in [-0.2, -0.15) is 0 Å². The fourth-order valence-corrected chi connectivity index (χ4v) is 1.45. The van der Waals surface area contributed by atoms with E-state index in [9.17, 15) is 4.39 Å². The van der Waals surface area contributed by atoms with E-state index in [-0.39, 0.29) is 5.82 Å². The first-order valence-electron chi connectivity index (χ1n) is 4.28. The Kier molecular flexibility index (Phi) is 2.97. The minimum Gasteiger partial charge on any atom is -0.445 e. The van der Waals surface area contributed by atoms with Crippen LogP contribution in [0.3, 0.4) is 0 Å². The molecule has 0 bridgehead atoms. The maximum Gasteiger partial charge on any atom is 0.218 e. The molecule has 0 aliphatic heterocycles. The van der Waals surface area contributed by atoms with Crippen molar-refractivity contribution >= 4 is 28.1 Å². The molecule has 15 heavy (non-hydrogen) atoms. The van der Waals surface area contributed by atoms with Gasteiger partial charge in [0.1, 0.15) is 12.1 Å². The van der Waals surface area contributed by atoms with Gasteiger partial charge in [-0.05, 0) is 18.2 Å². The topological polar surface area (TPSA) is 26.0 Å². The standard InChI is InChI=1S/C11H7BrFNO/c12-9-3-1-8(10(13)7-9)2-4-11-14-5-6-15-11/h1-7H. The zero-order valence-electron chi connectivity index (χ0n) is 7.65. The van der Waals surface area contributed by atoms with Crippen LogP contribution in [-0.4, -0.2) is 4.98 Å². The molecule has 2 nitrogen and oxygen atoms in total. The number of halogens is 2. The van der Waals surface area contributed by atoms with E-state index in [2.05, 4.69) is 20.9 Å². The number of oxazole rings is 1. The molecule has 2 rings (SSSR count). The first kappa shape index (κ1) is 10.1. The average Bonchev–Trinajstić information content (AvgIpc) is 2.69. The van der Waals surface area contributed by atoms with E-state index in [0.717, 1.165) is 0 Å². The van der Waals surface area contributed by atoms with Gasteiger partial charge in [0, 0.05) is 16.1 Å². The van der Waals surface area contributed by atoms with Gasteiger partial charge in [0.05, 0.1) is 6.20 Å². The first-order chi connectivity index (χ1) is 7.25. The van der Waals surface area contributed by atoms with E-state index in [4.69, 9.17) is 4.42 Å². The molecular weight excluding hydrogens is 261 g/mol. The summed E-state index contributed by atoms with van der Waals surface area (Å²) in [5.74, 6) is 0.171. The van der Waals surface area contributed by atoms with Crippen LogP contribution in [0.25, 0.3) is 12.2 Å². The third-order valence-corrected chi connectivity index (χ3v) is 2.31. The lowest BCUT2D eigenvalue weighted by Crippen LogP contribution is -1.81. The molecule has 1 aromatic carbocycles. The maximum absolute atomic E-state index is 13.3. The number of rotatable bonds is 2. The third kappa shape index (κ3) is 2.53. The van der Waals surface area contributed by atoms with Crippen LogP contribution in [0.15, 0.2) is 39.5 Å². The van der Waals surface area contributed by atoms with Crippen LogP contribution < -0.4 is 0 Å². The van der Waals surface area contributed by atoms with Gasteiger partial charge in [-0.25, -0.2) is 9.37 Å². The van der Waals surface area contributed by atoms with Crippen molar-refractivity contribution in [3.63, 3.8) is 0 Å². The number of hydrogen-bond acceptors (Lipinski definition) is 2. The van der Waals surface area contributed by atoms with Gasteiger partial charge in [0.15, 0.2) is 0 Å². The Balaban J connectivity index is 2.24. The Morgan fingerprint density at radius 3 is 2.87 bits per heavy atom.